The molecule has 0 unspecified atom stereocenters. The van der Waals surface area contributed by atoms with Crippen LogP contribution >= 0.6 is 0 Å². The molecule has 1 heterocycles. The van der Waals surface area contributed by atoms with Crippen LogP contribution in [0.5, 0.6) is 5.75 Å². The zero-order valence-electron chi connectivity index (χ0n) is 24.7. The van der Waals surface area contributed by atoms with Crippen LogP contribution in [0.3, 0.4) is 0 Å². The molecule has 1 aliphatic heterocycles. The first-order chi connectivity index (χ1) is 21.4. The van der Waals surface area contributed by atoms with Crippen molar-refractivity contribution >= 4 is 27.5 Å². The fourth-order valence-electron chi connectivity index (χ4n) is 5.77. The summed E-state index contributed by atoms with van der Waals surface area (Å²) in [5, 5.41) is -0.339. The summed E-state index contributed by atoms with van der Waals surface area (Å²) < 4.78 is 39.2. The van der Waals surface area contributed by atoms with Crippen molar-refractivity contribution in [1.29, 1.82) is 0 Å². The zero-order valence-corrected chi connectivity index (χ0v) is 25.5. The van der Waals surface area contributed by atoms with E-state index in [1.807, 2.05) is 97.1 Å². The number of esters is 1. The molecule has 0 bridgehead atoms. The molecule has 44 heavy (non-hydrogen) atoms. The van der Waals surface area contributed by atoms with E-state index < -0.39 is 27.6 Å². The highest BCUT2D eigenvalue weighted by Gasteiger charge is 2.57. The Balaban J connectivity index is 1.54. The fourth-order valence-corrected chi connectivity index (χ4v) is 7.16. The van der Waals surface area contributed by atoms with Gasteiger partial charge in [0.2, 0.25) is 15.6 Å². The maximum Gasteiger partial charge on any atom is 0.341 e. The summed E-state index contributed by atoms with van der Waals surface area (Å²) in [5.74, 6) is 0.885. The number of sulfonamides is 1. The van der Waals surface area contributed by atoms with Crippen molar-refractivity contribution in [2.75, 3.05) is 18.4 Å². The molecule has 4 aromatic rings. The summed E-state index contributed by atoms with van der Waals surface area (Å²) in [4.78, 5) is 21.7. The second-order valence-corrected chi connectivity index (χ2v) is 13.0. The third-order valence-electron chi connectivity index (χ3n) is 8.06. The number of carbonyl (C=O) groups excluding carboxylic acids is 1. The maximum absolute atomic E-state index is 14.3. The maximum atomic E-state index is 14.3. The topological polar surface area (TPSA) is 97.3 Å². The number of aliphatic imine (C=N–C) groups is 1. The largest absolute Gasteiger partial charge is 0.497 e. The van der Waals surface area contributed by atoms with E-state index in [9.17, 15) is 13.2 Å². The van der Waals surface area contributed by atoms with Gasteiger partial charge >= 0.3 is 5.97 Å². The predicted molar refractivity (Wildman–Crippen MR) is 171 cm³/mol. The lowest BCUT2D eigenvalue weighted by atomic mass is 9.79. The van der Waals surface area contributed by atoms with Crippen LogP contribution in [0.4, 0.5) is 5.69 Å². The predicted octanol–water partition coefficient (Wildman–Crippen LogP) is 6.06. The minimum Gasteiger partial charge on any atom is -0.497 e. The molecular formula is C35H35N3O5S. The van der Waals surface area contributed by atoms with Gasteiger partial charge in [0.05, 0.1) is 25.0 Å². The van der Waals surface area contributed by atoms with E-state index >= 15 is 0 Å². The van der Waals surface area contributed by atoms with Gasteiger partial charge in [0.1, 0.15) is 11.6 Å². The molecule has 1 aliphatic carbocycles. The number of nitrogens with one attached hydrogen (secondary N) is 1. The van der Waals surface area contributed by atoms with Gasteiger partial charge in [-0.3, -0.25) is 4.72 Å². The Kier molecular flexibility index (Phi) is 8.14. The van der Waals surface area contributed by atoms with Crippen LogP contribution in [-0.4, -0.2) is 44.1 Å². The number of hydrogen-bond donors (Lipinski definition) is 1. The first-order valence-electron chi connectivity index (χ1n) is 14.7. The Morgan fingerprint density at radius 1 is 0.909 bits per heavy atom. The van der Waals surface area contributed by atoms with Gasteiger partial charge in [0, 0.05) is 17.8 Å². The molecule has 9 heteroatoms. The van der Waals surface area contributed by atoms with Crippen LogP contribution in [-0.2, 0) is 31.6 Å². The van der Waals surface area contributed by atoms with Crippen molar-refractivity contribution in [3.05, 3.63) is 131 Å². The summed E-state index contributed by atoms with van der Waals surface area (Å²) in [7, 11) is -1.81. The third kappa shape index (κ3) is 5.67. The third-order valence-corrected chi connectivity index (χ3v) is 9.93. The summed E-state index contributed by atoms with van der Waals surface area (Å²) in [6.07, 6.45) is 1.35. The zero-order chi connectivity index (χ0) is 30.7. The van der Waals surface area contributed by atoms with Gasteiger partial charge in [0.15, 0.2) is 0 Å². The van der Waals surface area contributed by atoms with Crippen LogP contribution in [0, 0.1) is 0 Å². The highest BCUT2D eigenvalue weighted by molar-refractivity contribution is 7.93. The van der Waals surface area contributed by atoms with E-state index in [0.717, 1.165) is 16.7 Å². The Morgan fingerprint density at radius 3 is 2.14 bits per heavy atom. The molecular weight excluding hydrogens is 574 g/mol. The molecule has 0 spiro atoms. The molecule has 0 aromatic heterocycles. The highest BCUT2D eigenvalue weighted by atomic mass is 32.2. The van der Waals surface area contributed by atoms with E-state index in [0.29, 0.717) is 42.2 Å². The first kappa shape index (κ1) is 29.4. The number of ether oxygens (including phenoxy) is 2. The van der Waals surface area contributed by atoms with Crippen LogP contribution in [0.1, 0.15) is 48.1 Å². The smallest absolute Gasteiger partial charge is 0.341 e. The van der Waals surface area contributed by atoms with Crippen LogP contribution in [0.2, 0.25) is 0 Å². The number of nitrogens with zero attached hydrogens (tertiary/aromatic N) is 2. The number of anilines is 1. The number of benzene rings is 4. The SMILES string of the molecule is CCOC(=O)[C@@]1(c2ccccc2)N=C(c2ccc(OC)cc2)N(Cc2ccccc2)[C@H]1c1ccc(NS(=O)(=O)C2CC2)cc1. The van der Waals surface area contributed by atoms with Crippen molar-refractivity contribution < 1.29 is 22.7 Å². The summed E-state index contributed by atoms with van der Waals surface area (Å²) in [6, 6.07) is 33.8. The lowest BCUT2D eigenvalue weighted by Crippen LogP contribution is -2.44. The van der Waals surface area contributed by atoms with E-state index in [-0.39, 0.29) is 11.9 Å². The molecule has 1 N–H and O–H groups in total. The number of carbonyl (C=O) groups is 1. The minimum atomic E-state index is -3.43. The number of methoxy groups -OCH3 is 1. The van der Waals surface area contributed by atoms with E-state index in [1.165, 1.54) is 0 Å². The molecule has 0 saturated heterocycles. The average molecular weight is 610 g/mol. The van der Waals surface area contributed by atoms with Crippen molar-refractivity contribution in [2.45, 2.75) is 43.1 Å². The van der Waals surface area contributed by atoms with Crippen molar-refractivity contribution in [2.24, 2.45) is 4.99 Å². The second-order valence-electron chi connectivity index (χ2n) is 11.0. The standard InChI is InChI=1S/C35H35N3O5S/c1-3-43-34(39)35(28-12-8-5-9-13-28)32(26-14-18-29(19-15-26)37-44(40,41)31-22-23-31)38(24-25-10-6-4-7-11-25)33(36-35)27-16-20-30(42-2)21-17-27/h4-21,31-32,37H,3,22-24H2,1-2H3/t32-,35-/m0/s1. The molecule has 0 radical (unpaired) electrons. The molecule has 226 valence electrons. The van der Waals surface area contributed by atoms with Gasteiger partial charge in [-0.05, 0) is 72.9 Å². The molecule has 1 saturated carbocycles. The van der Waals surface area contributed by atoms with Gasteiger partial charge in [-0.1, -0.05) is 72.8 Å². The molecule has 6 rings (SSSR count). The molecule has 2 atom stereocenters. The second kappa shape index (κ2) is 12.2. The molecule has 0 amide bonds. The van der Waals surface area contributed by atoms with Gasteiger partial charge in [-0.25, -0.2) is 18.2 Å². The number of rotatable bonds is 11. The fraction of sp³-hybridized carbons (Fsp3) is 0.257. The summed E-state index contributed by atoms with van der Waals surface area (Å²) in [5.41, 5.74) is 2.38. The Hall–Kier alpha value is -4.63. The quantitative estimate of drug-likeness (QED) is 0.208. The lowest BCUT2D eigenvalue weighted by molar-refractivity contribution is -0.151. The van der Waals surface area contributed by atoms with Crippen molar-refractivity contribution in [3.8, 4) is 5.75 Å². The number of hydrogen-bond acceptors (Lipinski definition) is 7. The van der Waals surface area contributed by atoms with Crippen LogP contribution in [0.15, 0.2) is 114 Å². The minimum absolute atomic E-state index is 0.189. The lowest BCUT2D eigenvalue weighted by Gasteiger charge is -2.37. The monoisotopic (exact) mass is 609 g/mol. The first-order valence-corrected chi connectivity index (χ1v) is 16.3. The van der Waals surface area contributed by atoms with E-state index in [2.05, 4.69) is 9.62 Å². The van der Waals surface area contributed by atoms with Gasteiger partial charge < -0.3 is 14.4 Å². The van der Waals surface area contributed by atoms with Crippen LogP contribution in [0.25, 0.3) is 0 Å². The summed E-state index contributed by atoms with van der Waals surface area (Å²) >= 11 is 0. The van der Waals surface area contributed by atoms with Crippen molar-refractivity contribution in [1.82, 2.24) is 4.90 Å². The normalized spacial score (nSPS) is 19.7. The van der Waals surface area contributed by atoms with Crippen molar-refractivity contribution in [3.63, 3.8) is 0 Å². The van der Waals surface area contributed by atoms with E-state index in [1.54, 1.807) is 26.2 Å². The van der Waals surface area contributed by atoms with Gasteiger partial charge in [-0.2, -0.15) is 0 Å². The molecule has 4 aromatic carbocycles. The van der Waals surface area contributed by atoms with E-state index in [4.69, 9.17) is 14.5 Å². The molecule has 2 aliphatic rings. The highest BCUT2D eigenvalue weighted by Crippen LogP contribution is 2.50. The Bertz CT molecular complexity index is 1740. The Labute approximate surface area is 258 Å². The molecule has 1 fully saturated rings. The van der Waals surface area contributed by atoms with Gasteiger partial charge in [-0.15, -0.1) is 0 Å². The van der Waals surface area contributed by atoms with Crippen LogP contribution < -0.4 is 9.46 Å². The average Bonchev–Trinajstić information content (AvgIpc) is 3.86. The summed E-state index contributed by atoms with van der Waals surface area (Å²) in [6.45, 7) is 2.44. The van der Waals surface area contributed by atoms with Gasteiger partial charge in [0.25, 0.3) is 0 Å². The Morgan fingerprint density at radius 2 is 1.55 bits per heavy atom. The molecule has 8 nitrogen and oxygen atoms in total. The number of amidine groups is 1.